The van der Waals surface area contributed by atoms with E-state index in [9.17, 15) is 14.0 Å². The topological polar surface area (TPSA) is 72.2 Å². The molecule has 0 saturated heterocycles. The zero-order chi connectivity index (χ0) is 13.9. The van der Waals surface area contributed by atoms with Gasteiger partial charge in [0.1, 0.15) is 5.82 Å². The molecule has 102 valence electrons. The van der Waals surface area contributed by atoms with Crippen LogP contribution >= 0.6 is 0 Å². The summed E-state index contributed by atoms with van der Waals surface area (Å²) in [6.45, 7) is 0.247. The molecule has 0 aliphatic heterocycles. The first-order valence-electron chi connectivity index (χ1n) is 6.37. The van der Waals surface area contributed by atoms with E-state index in [0.717, 1.165) is 24.8 Å². The lowest BCUT2D eigenvalue weighted by Gasteiger charge is -2.40. The van der Waals surface area contributed by atoms with Gasteiger partial charge in [0.2, 0.25) is 11.8 Å². The molecule has 1 aliphatic rings. The molecule has 19 heavy (non-hydrogen) atoms. The van der Waals surface area contributed by atoms with Gasteiger partial charge >= 0.3 is 0 Å². The van der Waals surface area contributed by atoms with Gasteiger partial charge in [-0.1, -0.05) is 18.6 Å². The number of benzene rings is 1. The standard InChI is InChI=1S/C14H17FN2O2/c15-11-4-2-10(3-5-11)14(7-1-8-14)13(19)17-9-6-12(16)18/h2-5H,1,6-9H2,(H2,16,18)(H,17,19). The number of carbonyl (C=O) groups excluding carboxylic acids is 2. The van der Waals surface area contributed by atoms with Crippen molar-refractivity contribution in [1.29, 1.82) is 0 Å². The van der Waals surface area contributed by atoms with Gasteiger partial charge in [-0.05, 0) is 30.5 Å². The van der Waals surface area contributed by atoms with E-state index in [1.807, 2.05) is 0 Å². The van der Waals surface area contributed by atoms with E-state index < -0.39 is 11.3 Å². The highest BCUT2D eigenvalue weighted by Crippen LogP contribution is 2.43. The number of amides is 2. The molecule has 1 aromatic rings. The lowest BCUT2D eigenvalue weighted by atomic mass is 9.64. The van der Waals surface area contributed by atoms with Crippen LogP contribution in [-0.4, -0.2) is 18.4 Å². The summed E-state index contributed by atoms with van der Waals surface area (Å²) in [7, 11) is 0. The van der Waals surface area contributed by atoms with Gasteiger partial charge in [-0.3, -0.25) is 9.59 Å². The second-order valence-electron chi connectivity index (χ2n) is 4.91. The molecule has 1 fully saturated rings. The summed E-state index contributed by atoms with van der Waals surface area (Å²) in [6, 6.07) is 6.04. The minimum atomic E-state index is -0.564. The van der Waals surface area contributed by atoms with E-state index in [1.54, 1.807) is 12.1 Å². The minimum Gasteiger partial charge on any atom is -0.370 e. The molecular weight excluding hydrogens is 247 g/mol. The summed E-state index contributed by atoms with van der Waals surface area (Å²) in [4.78, 5) is 22.9. The average molecular weight is 264 g/mol. The van der Waals surface area contributed by atoms with Gasteiger partial charge < -0.3 is 11.1 Å². The molecule has 3 N–H and O–H groups in total. The van der Waals surface area contributed by atoms with Crippen LogP contribution in [0.3, 0.4) is 0 Å². The van der Waals surface area contributed by atoms with Gasteiger partial charge in [0, 0.05) is 13.0 Å². The summed E-state index contributed by atoms with van der Waals surface area (Å²) in [6.07, 6.45) is 2.61. The van der Waals surface area contributed by atoms with E-state index in [1.165, 1.54) is 12.1 Å². The highest BCUT2D eigenvalue weighted by molar-refractivity contribution is 5.89. The number of nitrogens with one attached hydrogen (secondary N) is 1. The zero-order valence-corrected chi connectivity index (χ0v) is 10.6. The molecule has 4 nitrogen and oxygen atoms in total. The lowest BCUT2D eigenvalue weighted by Crippen LogP contribution is -2.49. The first kappa shape index (κ1) is 13.5. The third kappa shape index (κ3) is 2.75. The summed E-state index contributed by atoms with van der Waals surface area (Å²) < 4.78 is 12.9. The molecule has 5 heteroatoms. The molecule has 0 heterocycles. The van der Waals surface area contributed by atoms with Gasteiger partial charge in [0.05, 0.1) is 5.41 Å². The van der Waals surface area contributed by atoms with Gasteiger partial charge in [0.25, 0.3) is 0 Å². The SMILES string of the molecule is NC(=O)CCNC(=O)C1(c2ccc(F)cc2)CCC1. The number of hydrogen-bond donors (Lipinski definition) is 2. The van der Waals surface area contributed by atoms with Crippen molar-refractivity contribution in [2.45, 2.75) is 31.1 Å². The largest absolute Gasteiger partial charge is 0.370 e. The van der Waals surface area contributed by atoms with Crippen LogP contribution in [0.1, 0.15) is 31.2 Å². The van der Waals surface area contributed by atoms with Crippen LogP contribution in [0.4, 0.5) is 4.39 Å². The van der Waals surface area contributed by atoms with Crippen LogP contribution in [-0.2, 0) is 15.0 Å². The Morgan fingerprint density at radius 1 is 1.26 bits per heavy atom. The smallest absolute Gasteiger partial charge is 0.230 e. The normalized spacial score (nSPS) is 16.5. The predicted octanol–water partition coefficient (Wildman–Crippen LogP) is 1.24. The van der Waals surface area contributed by atoms with Crippen LogP contribution in [0.25, 0.3) is 0 Å². The molecule has 2 rings (SSSR count). The number of nitrogens with two attached hydrogens (primary N) is 1. The first-order chi connectivity index (χ1) is 9.04. The molecule has 0 aromatic heterocycles. The summed E-state index contributed by atoms with van der Waals surface area (Å²) in [5.41, 5.74) is 5.30. The molecular formula is C14H17FN2O2. The van der Waals surface area contributed by atoms with E-state index in [-0.39, 0.29) is 24.7 Å². The molecule has 1 aliphatic carbocycles. The molecule has 0 spiro atoms. The Morgan fingerprint density at radius 2 is 1.89 bits per heavy atom. The van der Waals surface area contributed by atoms with Crippen molar-refractivity contribution in [3.05, 3.63) is 35.6 Å². The maximum Gasteiger partial charge on any atom is 0.230 e. The molecule has 2 amide bonds. The third-order valence-corrected chi connectivity index (χ3v) is 3.70. The molecule has 0 unspecified atom stereocenters. The van der Waals surface area contributed by atoms with Crippen LogP contribution in [0.15, 0.2) is 24.3 Å². The summed E-state index contributed by atoms with van der Waals surface area (Å²) >= 11 is 0. The van der Waals surface area contributed by atoms with E-state index in [0.29, 0.717) is 0 Å². The fraction of sp³-hybridized carbons (Fsp3) is 0.429. The number of primary amides is 1. The summed E-state index contributed by atoms with van der Waals surface area (Å²) in [5, 5.41) is 2.74. The highest BCUT2D eigenvalue weighted by atomic mass is 19.1. The predicted molar refractivity (Wildman–Crippen MR) is 68.8 cm³/mol. The Balaban J connectivity index is 2.07. The number of carbonyl (C=O) groups is 2. The van der Waals surface area contributed by atoms with Crippen LogP contribution < -0.4 is 11.1 Å². The van der Waals surface area contributed by atoms with Gasteiger partial charge in [-0.15, -0.1) is 0 Å². The highest BCUT2D eigenvalue weighted by Gasteiger charge is 2.45. The summed E-state index contributed by atoms with van der Waals surface area (Å²) in [5.74, 6) is -0.858. The van der Waals surface area contributed by atoms with Crippen LogP contribution in [0.5, 0.6) is 0 Å². The molecule has 0 atom stereocenters. The Labute approximate surface area is 111 Å². The Morgan fingerprint density at radius 3 is 2.37 bits per heavy atom. The van der Waals surface area contributed by atoms with Crippen molar-refractivity contribution in [3.63, 3.8) is 0 Å². The van der Waals surface area contributed by atoms with Crippen molar-refractivity contribution in [1.82, 2.24) is 5.32 Å². The lowest BCUT2D eigenvalue weighted by molar-refractivity contribution is -0.130. The maximum atomic E-state index is 12.9. The van der Waals surface area contributed by atoms with Crippen LogP contribution in [0, 0.1) is 5.82 Å². The maximum absolute atomic E-state index is 12.9. The monoisotopic (exact) mass is 264 g/mol. The van der Waals surface area contributed by atoms with Crippen molar-refractivity contribution in [3.8, 4) is 0 Å². The van der Waals surface area contributed by atoms with E-state index in [2.05, 4.69) is 5.32 Å². The molecule has 1 saturated carbocycles. The number of halogens is 1. The van der Waals surface area contributed by atoms with Gasteiger partial charge in [-0.2, -0.15) is 0 Å². The minimum absolute atomic E-state index is 0.105. The van der Waals surface area contributed by atoms with Crippen molar-refractivity contribution in [2.24, 2.45) is 5.73 Å². The van der Waals surface area contributed by atoms with Crippen molar-refractivity contribution in [2.75, 3.05) is 6.54 Å². The Hall–Kier alpha value is -1.91. The second-order valence-corrected chi connectivity index (χ2v) is 4.91. The van der Waals surface area contributed by atoms with Gasteiger partial charge in [-0.25, -0.2) is 4.39 Å². The van der Waals surface area contributed by atoms with Crippen LogP contribution in [0.2, 0.25) is 0 Å². The number of hydrogen-bond acceptors (Lipinski definition) is 2. The van der Waals surface area contributed by atoms with E-state index in [4.69, 9.17) is 5.73 Å². The number of rotatable bonds is 5. The molecule has 0 bridgehead atoms. The Bertz CT molecular complexity index is 481. The fourth-order valence-electron chi connectivity index (χ4n) is 2.41. The third-order valence-electron chi connectivity index (χ3n) is 3.70. The second kappa shape index (κ2) is 5.38. The first-order valence-corrected chi connectivity index (χ1v) is 6.37. The van der Waals surface area contributed by atoms with Gasteiger partial charge in [0.15, 0.2) is 0 Å². The molecule has 0 radical (unpaired) electrons. The van der Waals surface area contributed by atoms with E-state index >= 15 is 0 Å². The molecule has 1 aromatic carbocycles. The average Bonchev–Trinajstić information content (AvgIpc) is 2.29. The quantitative estimate of drug-likeness (QED) is 0.839. The van der Waals surface area contributed by atoms with Crippen molar-refractivity contribution >= 4 is 11.8 Å². The fourth-order valence-corrected chi connectivity index (χ4v) is 2.41. The Kier molecular flexibility index (Phi) is 3.83. The zero-order valence-electron chi connectivity index (χ0n) is 10.6. The van der Waals surface area contributed by atoms with Crippen molar-refractivity contribution < 1.29 is 14.0 Å².